The van der Waals surface area contributed by atoms with Gasteiger partial charge in [-0.15, -0.1) is 6.42 Å². The lowest BCUT2D eigenvalue weighted by molar-refractivity contribution is -0.145. The lowest BCUT2D eigenvalue weighted by atomic mass is 9.98. The molecule has 1 amide bonds. The van der Waals surface area contributed by atoms with Crippen molar-refractivity contribution in [3.05, 3.63) is 66.4 Å². The number of nitrogens with two attached hydrogens (primary N) is 1. The van der Waals surface area contributed by atoms with Gasteiger partial charge in [0.25, 0.3) is 0 Å². The number of benzene rings is 2. The van der Waals surface area contributed by atoms with Gasteiger partial charge in [0.2, 0.25) is 11.4 Å². The quantitative estimate of drug-likeness (QED) is 0.258. The Hall–Kier alpha value is -3.76. The van der Waals surface area contributed by atoms with Crippen LogP contribution < -0.4 is 15.8 Å². The molecule has 0 aliphatic rings. The van der Waals surface area contributed by atoms with Crippen molar-refractivity contribution >= 4 is 22.8 Å². The third-order valence-electron chi connectivity index (χ3n) is 6.00. The van der Waals surface area contributed by atoms with E-state index in [2.05, 4.69) is 18.2 Å². The average Bonchev–Trinajstić information content (AvgIpc) is 3.21. The summed E-state index contributed by atoms with van der Waals surface area (Å²) in [6.45, 7) is 2.54. The smallest absolute Gasteiger partial charge is 0.344 e. The van der Waals surface area contributed by atoms with E-state index in [9.17, 15) is 14.7 Å². The Bertz CT molecular complexity index is 1180. The number of carboxylic acids is 1. The number of amides is 1. The molecule has 7 nitrogen and oxygen atoms in total. The number of aromatic nitrogens is 1. The molecule has 0 aliphatic carbocycles. The molecule has 35 heavy (non-hydrogen) atoms. The van der Waals surface area contributed by atoms with Crippen LogP contribution in [-0.2, 0) is 22.6 Å². The molecule has 2 aromatic carbocycles. The Morgan fingerprint density at radius 3 is 2.54 bits per heavy atom. The Kier molecular flexibility index (Phi) is 8.93. The summed E-state index contributed by atoms with van der Waals surface area (Å²) in [5.74, 6) is 0.998. The molecule has 0 spiro atoms. The van der Waals surface area contributed by atoms with Crippen molar-refractivity contribution in [2.45, 2.75) is 57.2 Å². The van der Waals surface area contributed by atoms with Crippen molar-refractivity contribution in [3.8, 4) is 18.1 Å². The van der Waals surface area contributed by atoms with E-state index in [0.29, 0.717) is 12.4 Å². The first kappa shape index (κ1) is 25.9. The molecule has 0 bridgehead atoms. The fourth-order valence-electron chi connectivity index (χ4n) is 3.99. The molecule has 1 heterocycles. The van der Waals surface area contributed by atoms with Crippen LogP contribution >= 0.6 is 0 Å². The number of hydrogen-bond donors (Lipinski definition) is 3. The normalized spacial score (nSPS) is 13.5. The van der Waals surface area contributed by atoms with Crippen molar-refractivity contribution in [1.82, 2.24) is 9.88 Å². The summed E-state index contributed by atoms with van der Waals surface area (Å²) in [4.78, 5) is 25.2. The number of nitrogens with one attached hydrogen (secondary N) is 1. The Morgan fingerprint density at radius 2 is 1.86 bits per heavy atom. The molecule has 184 valence electrons. The first-order valence-electron chi connectivity index (χ1n) is 11.9. The van der Waals surface area contributed by atoms with Crippen LogP contribution in [0.3, 0.4) is 0 Å². The van der Waals surface area contributed by atoms with E-state index in [1.807, 2.05) is 54.6 Å². The fourth-order valence-corrected chi connectivity index (χ4v) is 3.99. The van der Waals surface area contributed by atoms with Crippen molar-refractivity contribution in [3.63, 3.8) is 0 Å². The summed E-state index contributed by atoms with van der Waals surface area (Å²) in [6, 6.07) is 15.9. The number of terminal acetylenes is 1. The van der Waals surface area contributed by atoms with Crippen molar-refractivity contribution in [2.75, 3.05) is 6.61 Å². The number of unbranched alkanes of at least 4 members (excludes halogenated alkanes) is 3. The lowest BCUT2D eigenvalue weighted by Crippen LogP contribution is -2.59. The molecule has 0 radical (unpaired) electrons. The van der Waals surface area contributed by atoms with Crippen LogP contribution in [0.25, 0.3) is 10.9 Å². The van der Waals surface area contributed by atoms with Crippen LogP contribution in [0.15, 0.2) is 60.8 Å². The van der Waals surface area contributed by atoms with Crippen molar-refractivity contribution < 1.29 is 19.4 Å². The Morgan fingerprint density at radius 1 is 1.14 bits per heavy atom. The van der Waals surface area contributed by atoms with Crippen LogP contribution in [-0.4, -0.2) is 39.7 Å². The highest BCUT2D eigenvalue weighted by Crippen LogP contribution is 2.29. The maximum absolute atomic E-state index is 12.9. The minimum absolute atomic E-state index is 0.178. The zero-order valence-corrected chi connectivity index (χ0v) is 20.1. The third kappa shape index (κ3) is 6.43. The molecule has 1 aromatic heterocycles. The molecule has 0 fully saturated rings. The summed E-state index contributed by atoms with van der Waals surface area (Å²) in [6.07, 6.45) is 12.0. The molecule has 3 aromatic rings. The summed E-state index contributed by atoms with van der Waals surface area (Å²) in [7, 11) is 0. The van der Waals surface area contributed by atoms with Gasteiger partial charge in [-0.05, 0) is 30.5 Å². The van der Waals surface area contributed by atoms with Gasteiger partial charge in [0.1, 0.15) is 5.75 Å². The highest BCUT2D eigenvalue weighted by atomic mass is 16.5. The van der Waals surface area contributed by atoms with E-state index in [-0.39, 0.29) is 13.0 Å². The van der Waals surface area contributed by atoms with Crippen molar-refractivity contribution in [2.24, 2.45) is 5.73 Å². The number of carbonyl (C=O) groups is 2. The number of fused-ring (bicyclic) bond motifs is 1. The van der Waals surface area contributed by atoms with Gasteiger partial charge in [0.15, 0.2) is 0 Å². The van der Waals surface area contributed by atoms with Gasteiger partial charge in [0.05, 0.1) is 24.7 Å². The van der Waals surface area contributed by atoms with Gasteiger partial charge >= 0.3 is 5.97 Å². The molecule has 0 saturated heterocycles. The minimum atomic E-state index is -1.98. The monoisotopic (exact) mass is 475 g/mol. The average molecular weight is 476 g/mol. The van der Waals surface area contributed by atoms with Gasteiger partial charge in [-0.1, -0.05) is 74.6 Å². The fraction of sp³-hybridized carbons (Fsp3) is 0.357. The molecule has 4 N–H and O–H groups in total. The number of para-hydroxylation sites is 1. The Balaban J connectivity index is 1.81. The Labute approximate surface area is 206 Å². The first-order valence-corrected chi connectivity index (χ1v) is 11.9. The van der Waals surface area contributed by atoms with Gasteiger partial charge in [-0.25, -0.2) is 4.79 Å². The van der Waals surface area contributed by atoms with Gasteiger partial charge in [-0.3, -0.25) is 4.79 Å². The highest BCUT2D eigenvalue weighted by molar-refractivity contribution is 5.93. The largest absolute Gasteiger partial charge is 0.491 e. The van der Waals surface area contributed by atoms with Crippen LogP contribution in [0.2, 0.25) is 0 Å². The van der Waals surface area contributed by atoms with Crippen LogP contribution in [0.4, 0.5) is 0 Å². The summed E-state index contributed by atoms with van der Waals surface area (Å²) in [5.41, 5.74) is 5.74. The topological polar surface area (TPSA) is 107 Å². The zero-order valence-electron chi connectivity index (χ0n) is 20.1. The third-order valence-corrected chi connectivity index (χ3v) is 6.00. The number of hydrogen-bond acceptors (Lipinski definition) is 4. The van der Waals surface area contributed by atoms with Gasteiger partial charge in [0, 0.05) is 11.6 Å². The molecule has 0 aliphatic heterocycles. The van der Waals surface area contributed by atoms with E-state index >= 15 is 0 Å². The molecular weight excluding hydrogens is 442 g/mol. The lowest BCUT2D eigenvalue weighted by Gasteiger charge is -2.27. The molecular formula is C28H33N3O4. The first-order chi connectivity index (χ1) is 16.9. The van der Waals surface area contributed by atoms with E-state index in [4.69, 9.17) is 16.9 Å². The number of rotatable bonds is 13. The molecule has 0 saturated carbocycles. The van der Waals surface area contributed by atoms with Crippen LogP contribution in [0.1, 0.15) is 38.2 Å². The number of carboxylic acid groups (broad SMARTS) is 1. The highest BCUT2D eigenvalue weighted by Gasteiger charge is 2.40. The SMILES string of the molecule is C#CC(Cn1cc(OCCCCCC)c2ccccc21)(NC(=O)C(N)Cc1ccccc1)C(=O)O. The number of carbonyl (C=O) groups excluding carboxylic acids is 1. The molecule has 7 heteroatoms. The van der Waals surface area contributed by atoms with Crippen LogP contribution in [0.5, 0.6) is 5.75 Å². The van der Waals surface area contributed by atoms with Crippen molar-refractivity contribution in [1.29, 1.82) is 0 Å². The van der Waals surface area contributed by atoms with Gasteiger partial charge < -0.3 is 25.5 Å². The summed E-state index contributed by atoms with van der Waals surface area (Å²) >= 11 is 0. The standard InChI is InChI=1S/C28H33N3O4/c1-3-5-6-12-17-35-25-19-31(24-16-11-10-15-22(24)25)20-28(4-2,27(33)34)30-26(32)23(29)18-21-13-8-7-9-14-21/h2,7-11,13-16,19,23H,3,5-6,12,17-18,20,29H2,1H3,(H,30,32)(H,33,34). The second kappa shape index (κ2) is 12.1. The number of aliphatic carboxylic acids is 1. The van der Waals surface area contributed by atoms with E-state index in [1.54, 1.807) is 10.8 Å². The predicted octanol–water partition coefficient (Wildman–Crippen LogP) is 3.74. The maximum Gasteiger partial charge on any atom is 0.344 e. The van der Waals surface area contributed by atoms with Gasteiger partial charge in [-0.2, -0.15) is 0 Å². The number of ether oxygens (including phenoxy) is 1. The minimum Gasteiger partial charge on any atom is -0.491 e. The van der Waals surface area contributed by atoms with E-state index in [1.165, 1.54) is 0 Å². The molecule has 3 rings (SSSR count). The summed E-state index contributed by atoms with van der Waals surface area (Å²) < 4.78 is 7.73. The van der Waals surface area contributed by atoms with E-state index in [0.717, 1.165) is 42.1 Å². The second-order valence-electron chi connectivity index (χ2n) is 8.69. The van der Waals surface area contributed by atoms with E-state index < -0.39 is 23.5 Å². The second-order valence-corrected chi connectivity index (χ2v) is 8.69. The maximum atomic E-state index is 12.9. The molecule has 2 unspecified atom stereocenters. The van der Waals surface area contributed by atoms with Crippen LogP contribution in [0, 0.1) is 12.3 Å². The zero-order chi connectivity index (χ0) is 25.3. The predicted molar refractivity (Wildman–Crippen MR) is 137 cm³/mol. The summed E-state index contributed by atoms with van der Waals surface area (Å²) in [5, 5.41) is 13.4. The molecule has 2 atom stereocenters. The number of nitrogens with zero attached hydrogens (tertiary/aromatic N) is 1.